The number of hydrogen-bond donors (Lipinski definition) is 1. The number of aromatic nitrogens is 2. The normalized spacial score (nSPS) is 12.4. The molecule has 0 saturated carbocycles. The Balaban J connectivity index is 2.11. The van der Waals surface area contributed by atoms with E-state index in [1.54, 1.807) is 11.3 Å². The van der Waals surface area contributed by atoms with Gasteiger partial charge in [-0.1, -0.05) is 18.5 Å². The highest BCUT2D eigenvalue weighted by Crippen LogP contribution is 2.21. The zero-order valence-corrected chi connectivity index (χ0v) is 13.7. The molecule has 0 fully saturated rings. The molecule has 108 valence electrons. The van der Waals surface area contributed by atoms with Gasteiger partial charge in [-0.3, -0.25) is 0 Å². The molecule has 2 rings (SSSR count). The van der Waals surface area contributed by atoms with Crippen LogP contribution < -0.4 is 5.32 Å². The van der Waals surface area contributed by atoms with Crippen LogP contribution in [0.4, 0.5) is 5.82 Å². The van der Waals surface area contributed by atoms with Crippen molar-refractivity contribution in [3.8, 4) is 0 Å². The minimum atomic E-state index is 0.309. The second kappa shape index (κ2) is 7.04. The molecule has 0 radical (unpaired) electrons. The second-order valence-corrected chi connectivity index (χ2v) is 6.17. The molecule has 0 aliphatic rings. The van der Waals surface area contributed by atoms with E-state index in [0.717, 1.165) is 36.5 Å². The first kappa shape index (κ1) is 15.3. The molecule has 2 aromatic heterocycles. The molecule has 1 unspecified atom stereocenters. The molecule has 0 spiro atoms. The minimum absolute atomic E-state index is 0.309. The molecule has 2 heterocycles. The van der Waals surface area contributed by atoms with E-state index in [9.17, 15) is 0 Å². The SMILES string of the molecule is CCCc1nc(Cl)c(C)c(NC(C)Cc2ccsc2)n1. The van der Waals surface area contributed by atoms with Crippen molar-refractivity contribution < 1.29 is 0 Å². The summed E-state index contributed by atoms with van der Waals surface area (Å²) in [4.78, 5) is 8.91. The molecular weight excluding hydrogens is 290 g/mol. The number of aryl methyl sites for hydroxylation is 1. The fraction of sp³-hybridized carbons (Fsp3) is 0.467. The van der Waals surface area contributed by atoms with Crippen molar-refractivity contribution in [1.82, 2.24) is 9.97 Å². The molecule has 0 amide bonds. The molecule has 0 aliphatic heterocycles. The number of rotatable bonds is 6. The van der Waals surface area contributed by atoms with E-state index in [0.29, 0.717) is 11.2 Å². The summed E-state index contributed by atoms with van der Waals surface area (Å²) in [5, 5.41) is 8.29. The van der Waals surface area contributed by atoms with Gasteiger partial charge in [-0.25, -0.2) is 9.97 Å². The summed E-state index contributed by atoms with van der Waals surface area (Å²) in [5.74, 6) is 1.67. The molecule has 5 heteroatoms. The van der Waals surface area contributed by atoms with Crippen molar-refractivity contribution in [2.45, 2.75) is 46.1 Å². The highest BCUT2D eigenvalue weighted by atomic mass is 35.5. The molecule has 0 aliphatic carbocycles. The lowest BCUT2D eigenvalue weighted by Gasteiger charge is -2.17. The molecule has 2 aromatic rings. The van der Waals surface area contributed by atoms with Crippen LogP contribution in [0.5, 0.6) is 0 Å². The lowest BCUT2D eigenvalue weighted by Crippen LogP contribution is -2.20. The van der Waals surface area contributed by atoms with E-state index in [4.69, 9.17) is 11.6 Å². The quantitative estimate of drug-likeness (QED) is 0.799. The third-order valence-corrected chi connectivity index (χ3v) is 4.21. The average Bonchev–Trinajstić information content (AvgIpc) is 2.88. The maximum atomic E-state index is 6.19. The predicted molar refractivity (Wildman–Crippen MR) is 86.9 cm³/mol. The van der Waals surface area contributed by atoms with Gasteiger partial charge in [-0.2, -0.15) is 11.3 Å². The van der Waals surface area contributed by atoms with Crippen LogP contribution in [-0.4, -0.2) is 16.0 Å². The van der Waals surface area contributed by atoms with Crippen molar-refractivity contribution in [2.24, 2.45) is 0 Å². The first-order valence-corrected chi connectivity index (χ1v) is 8.22. The van der Waals surface area contributed by atoms with Crippen LogP contribution in [-0.2, 0) is 12.8 Å². The number of hydrogen-bond acceptors (Lipinski definition) is 4. The van der Waals surface area contributed by atoms with E-state index in [2.05, 4.69) is 46.0 Å². The van der Waals surface area contributed by atoms with Crippen LogP contribution in [0.15, 0.2) is 16.8 Å². The number of anilines is 1. The number of nitrogens with one attached hydrogen (secondary N) is 1. The van der Waals surface area contributed by atoms with Gasteiger partial charge in [0.2, 0.25) is 0 Å². The summed E-state index contributed by atoms with van der Waals surface area (Å²) in [6, 6.07) is 2.47. The van der Waals surface area contributed by atoms with E-state index in [1.165, 1.54) is 5.56 Å². The van der Waals surface area contributed by atoms with Crippen molar-refractivity contribution in [1.29, 1.82) is 0 Å². The Bertz CT molecular complexity index is 554. The van der Waals surface area contributed by atoms with Gasteiger partial charge in [0.25, 0.3) is 0 Å². The molecule has 0 saturated heterocycles. The number of nitrogens with zero attached hydrogens (tertiary/aromatic N) is 2. The summed E-state index contributed by atoms with van der Waals surface area (Å²) in [6.45, 7) is 6.23. The van der Waals surface area contributed by atoms with Crippen LogP contribution in [0.2, 0.25) is 5.15 Å². The zero-order valence-electron chi connectivity index (χ0n) is 12.1. The number of halogens is 1. The first-order valence-electron chi connectivity index (χ1n) is 6.90. The standard InChI is InChI=1S/C15H20ClN3S/c1-4-5-13-18-14(16)11(3)15(19-13)17-10(2)8-12-6-7-20-9-12/h6-7,9-10H,4-5,8H2,1-3H3,(H,17,18,19). The van der Waals surface area contributed by atoms with Gasteiger partial charge < -0.3 is 5.32 Å². The lowest BCUT2D eigenvalue weighted by molar-refractivity contribution is 0.772. The van der Waals surface area contributed by atoms with Crippen molar-refractivity contribution in [3.63, 3.8) is 0 Å². The topological polar surface area (TPSA) is 37.8 Å². The van der Waals surface area contributed by atoms with Crippen LogP contribution in [0.25, 0.3) is 0 Å². The smallest absolute Gasteiger partial charge is 0.137 e. The van der Waals surface area contributed by atoms with Crippen LogP contribution >= 0.6 is 22.9 Å². The van der Waals surface area contributed by atoms with E-state index >= 15 is 0 Å². The summed E-state index contributed by atoms with van der Waals surface area (Å²) >= 11 is 7.92. The van der Waals surface area contributed by atoms with Gasteiger partial charge in [0.1, 0.15) is 16.8 Å². The van der Waals surface area contributed by atoms with Crippen molar-refractivity contribution >= 4 is 28.8 Å². The molecule has 20 heavy (non-hydrogen) atoms. The highest BCUT2D eigenvalue weighted by molar-refractivity contribution is 7.07. The van der Waals surface area contributed by atoms with E-state index in [1.807, 2.05) is 6.92 Å². The third-order valence-electron chi connectivity index (χ3n) is 3.11. The van der Waals surface area contributed by atoms with Gasteiger partial charge in [-0.15, -0.1) is 0 Å². The van der Waals surface area contributed by atoms with Gasteiger partial charge in [0.05, 0.1) is 0 Å². The Morgan fingerprint density at radius 2 is 2.20 bits per heavy atom. The summed E-state index contributed by atoms with van der Waals surface area (Å²) in [7, 11) is 0. The fourth-order valence-corrected chi connectivity index (χ4v) is 2.92. The summed E-state index contributed by atoms with van der Waals surface area (Å²) in [6.07, 6.45) is 2.85. The van der Waals surface area contributed by atoms with Crippen LogP contribution in [0, 0.1) is 6.92 Å². The van der Waals surface area contributed by atoms with Gasteiger partial charge in [0.15, 0.2) is 0 Å². The van der Waals surface area contributed by atoms with Crippen molar-refractivity contribution in [3.05, 3.63) is 38.9 Å². The average molecular weight is 310 g/mol. The summed E-state index contributed by atoms with van der Waals surface area (Å²) in [5.41, 5.74) is 2.27. The molecule has 1 atom stereocenters. The Morgan fingerprint density at radius 1 is 1.40 bits per heavy atom. The van der Waals surface area contributed by atoms with E-state index < -0.39 is 0 Å². The second-order valence-electron chi connectivity index (χ2n) is 5.04. The Hall–Kier alpha value is -1.13. The molecular formula is C15H20ClN3S. The third kappa shape index (κ3) is 3.93. The van der Waals surface area contributed by atoms with E-state index in [-0.39, 0.29) is 0 Å². The Kier molecular flexibility index (Phi) is 5.38. The van der Waals surface area contributed by atoms with Gasteiger partial charge in [-0.05, 0) is 49.1 Å². The largest absolute Gasteiger partial charge is 0.367 e. The number of thiophene rings is 1. The Morgan fingerprint density at radius 3 is 2.85 bits per heavy atom. The monoisotopic (exact) mass is 309 g/mol. The maximum absolute atomic E-state index is 6.19. The molecule has 3 nitrogen and oxygen atoms in total. The fourth-order valence-electron chi connectivity index (χ4n) is 2.06. The zero-order chi connectivity index (χ0) is 14.5. The highest BCUT2D eigenvalue weighted by Gasteiger charge is 2.12. The molecule has 1 N–H and O–H groups in total. The minimum Gasteiger partial charge on any atom is -0.367 e. The van der Waals surface area contributed by atoms with Crippen molar-refractivity contribution in [2.75, 3.05) is 5.32 Å². The molecule has 0 aromatic carbocycles. The lowest BCUT2D eigenvalue weighted by atomic mass is 10.1. The Labute approximate surface area is 129 Å². The van der Waals surface area contributed by atoms with Crippen LogP contribution in [0.1, 0.15) is 37.2 Å². The summed E-state index contributed by atoms with van der Waals surface area (Å²) < 4.78 is 0. The maximum Gasteiger partial charge on any atom is 0.137 e. The van der Waals surface area contributed by atoms with Crippen LogP contribution in [0.3, 0.4) is 0 Å². The van der Waals surface area contributed by atoms with Gasteiger partial charge in [0, 0.05) is 18.0 Å². The van der Waals surface area contributed by atoms with Gasteiger partial charge >= 0.3 is 0 Å². The predicted octanol–water partition coefficient (Wildman–Crippen LogP) is 4.50. The first-order chi connectivity index (χ1) is 9.60. The molecule has 0 bridgehead atoms.